The van der Waals surface area contributed by atoms with Crippen molar-refractivity contribution in [3.05, 3.63) is 42.2 Å². The molecular formula is C20H25N5. The van der Waals surface area contributed by atoms with Crippen LogP contribution >= 0.6 is 0 Å². The Balaban J connectivity index is 2.05. The molecule has 0 amide bonds. The van der Waals surface area contributed by atoms with E-state index in [2.05, 4.69) is 59.2 Å². The number of benzene rings is 1. The highest BCUT2D eigenvalue weighted by Gasteiger charge is 2.11. The molecule has 0 saturated carbocycles. The summed E-state index contributed by atoms with van der Waals surface area (Å²) in [6.07, 6.45) is 4.55. The lowest BCUT2D eigenvalue weighted by atomic mass is 10.0. The molecule has 0 radical (unpaired) electrons. The molecule has 5 heteroatoms. The summed E-state index contributed by atoms with van der Waals surface area (Å²) in [4.78, 5) is 16.0. The van der Waals surface area contributed by atoms with E-state index in [1.807, 2.05) is 13.1 Å². The van der Waals surface area contributed by atoms with Crippen LogP contribution in [0.25, 0.3) is 22.3 Å². The number of aryl methyl sites for hydroxylation is 1. The van der Waals surface area contributed by atoms with Crippen LogP contribution in [0.2, 0.25) is 0 Å². The Morgan fingerprint density at radius 2 is 1.88 bits per heavy atom. The average molecular weight is 335 g/mol. The third-order valence-electron chi connectivity index (χ3n) is 4.40. The van der Waals surface area contributed by atoms with Crippen molar-refractivity contribution in [3.8, 4) is 11.3 Å². The minimum atomic E-state index is 0.753. The number of nitrogens with one attached hydrogen (secondary N) is 1. The second-order valence-electron chi connectivity index (χ2n) is 6.11. The van der Waals surface area contributed by atoms with Gasteiger partial charge in [0.05, 0.1) is 11.2 Å². The first-order valence-corrected chi connectivity index (χ1v) is 8.83. The molecule has 0 aliphatic carbocycles. The summed E-state index contributed by atoms with van der Waals surface area (Å²) in [5.74, 6) is 0.753. The second-order valence-corrected chi connectivity index (χ2v) is 6.11. The summed E-state index contributed by atoms with van der Waals surface area (Å²) in [5.41, 5.74) is 6.20. The zero-order chi connectivity index (χ0) is 17.8. The van der Waals surface area contributed by atoms with Crippen LogP contribution in [0, 0.1) is 6.92 Å². The number of rotatable bonds is 6. The Morgan fingerprint density at radius 1 is 1.08 bits per heavy atom. The summed E-state index contributed by atoms with van der Waals surface area (Å²) < 4.78 is 0. The first-order valence-electron chi connectivity index (χ1n) is 8.83. The number of hydrogen-bond acceptors (Lipinski definition) is 5. The molecule has 5 nitrogen and oxygen atoms in total. The molecule has 3 rings (SSSR count). The molecule has 0 bridgehead atoms. The lowest BCUT2D eigenvalue weighted by Crippen LogP contribution is -2.24. The predicted octanol–water partition coefficient (Wildman–Crippen LogP) is 4.28. The molecule has 2 heterocycles. The van der Waals surface area contributed by atoms with Crippen molar-refractivity contribution in [2.75, 3.05) is 30.4 Å². The van der Waals surface area contributed by atoms with Crippen LogP contribution in [0.1, 0.15) is 25.8 Å². The van der Waals surface area contributed by atoms with Gasteiger partial charge in [0.1, 0.15) is 5.52 Å². The molecule has 0 fully saturated rings. The van der Waals surface area contributed by atoms with Crippen molar-refractivity contribution in [2.24, 2.45) is 0 Å². The Labute approximate surface area is 149 Å². The third-order valence-corrected chi connectivity index (χ3v) is 4.40. The number of nitrogens with zero attached hydrogens (tertiary/aromatic N) is 4. The first kappa shape index (κ1) is 17.1. The van der Waals surface area contributed by atoms with Crippen LogP contribution in [0.3, 0.4) is 0 Å². The van der Waals surface area contributed by atoms with E-state index in [9.17, 15) is 0 Å². The molecule has 0 aliphatic heterocycles. The topological polar surface area (TPSA) is 53.9 Å². The largest absolute Gasteiger partial charge is 0.372 e. The minimum absolute atomic E-state index is 0.753. The summed E-state index contributed by atoms with van der Waals surface area (Å²) in [7, 11) is 1.86. The number of aromatic nitrogens is 3. The van der Waals surface area contributed by atoms with E-state index >= 15 is 0 Å². The van der Waals surface area contributed by atoms with Crippen LogP contribution in [-0.2, 0) is 0 Å². The van der Waals surface area contributed by atoms with Gasteiger partial charge in [-0.25, -0.2) is 9.97 Å². The summed E-state index contributed by atoms with van der Waals surface area (Å²) >= 11 is 0. The molecule has 1 aromatic carbocycles. The zero-order valence-corrected chi connectivity index (χ0v) is 15.4. The highest BCUT2D eigenvalue weighted by molar-refractivity contribution is 5.88. The molecule has 0 atom stereocenters. The van der Waals surface area contributed by atoms with Gasteiger partial charge in [-0.15, -0.1) is 0 Å². The molecule has 3 aromatic rings. The van der Waals surface area contributed by atoms with Gasteiger partial charge in [-0.3, -0.25) is 4.98 Å². The maximum Gasteiger partial charge on any atom is 0.154 e. The van der Waals surface area contributed by atoms with Crippen LogP contribution < -0.4 is 10.2 Å². The van der Waals surface area contributed by atoms with Crippen molar-refractivity contribution in [1.82, 2.24) is 15.0 Å². The summed E-state index contributed by atoms with van der Waals surface area (Å²) in [6, 6.07) is 8.55. The molecule has 130 valence electrons. The number of anilines is 2. The van der Waals surface area contributed by atoms with Crippen LogP contribution in [0.5, 0.6) is 0 Å². The molecule has 25 heavy (non-hydrogen) atoms. The van der Waals surface area contributed by atoms with E-state index in [1.165, 1.54) is 11.3 Å². The lowest BCUT2D eigenvalue weighted by molar-refractivity contribution is 0.789. The van der Waals surface area contributed by atoms with Gasteiger partial charge in [0.15, 0.2) is 5.82 Å². The van der Waals surface area contributed by atoms with E-state index in [0.29, 0.717) is 0 Å². The van der Waals surface area contributed by atoms with Crippen molar-refractivity contribution in [2.45, 2.75) is 27.2 Å². The van der Waals surface area contributed by atoms with Gasteiger partial charge in [-0.1, -0.05) is 13.0 Å². The maximum absolute atomic E-state index is 4.73. The zero-order valence-electron chi connectivity index (χ0n) is 15.4. The standard InChI is InChI=1S/C20H25N5/c1-5-11-25(6-2)18-8-7-15(12-14(18)3)16-13-17-19(20(21-4)24-16)23-10-9-22-17/h7-10,12-13H,5-6,11H2,1-4H3,(H,21,24). The molecule has 0 unspecified atom stereocenters. The molecule has 0 aliphatic rings. The molecule has 1 N–H and O–H groups in total. The van der Waals surface area contributed by atoms with Crippen molar-refractivity contribution < 1.29 is 0 Å². The Bertz CT molecular complexity index is 875. The number of fused-ring (bicyclic) bond motifs is 1. The van der Waals surface area contributed by atoms with Crippen molar-refractivity contribution in [1.29, 1.82) is 0 Å². The van der Waals surface area contributed by atoms with Gasteiger partial charge < -0.3 is 10.2 Å². The van der Waals surface area contributed by atoms with Crippen molar-refractivity contribution in [3.63, 3.8) is 0 Å². The summed E-state index contributed by atoms with van der Waals surface area (Å²) in [5, 5.41) is 3.13. The number of hydrogen-bond donors (Lipinski definition) is 1. The van der Waals surface area contributed by atoms with Crippen LogP contribution in [0.15, 0.2) is 36.7 Å². The smallest absolute Gasteiger partial charge is 0.154 e. The van der Waals surface area contributed by atoms with Gasteiger partial charge >= 0.3 is 0 Å². The Hall–Kier alpha value is -2.69. The SMILES string of the molecule is CCCN(CC)c1ccc(-c2cc3nccnc3c(NC)n2)cc1C. The van der Waals surface area contributed by atoms with Gasteiger partial charge in [0.25, 0.3) is 0 Å². The monoisotopic (exact) mass is 335 g/mol. The Kier molecular flexibility index (Phi) is 5.12. The fourth-order valence-electron chi connectivity index (χ4n) is 3.18. The van der Waals surface area contributed by atoms with Crippen molar-refractivity contribution >= 4 is 22.5 Å². The van der Waals surface area contributed by atoms with Gasteiger partial charge in [0, 0.05) is 43.8 Å². The minimum Gasteiger partial charge on any atom is -0.372 e. The molecule has 0 saturated heterocycles. The lowest BCUT2D eigenvalue weighted by Gasteiger charge is -2.24. The fraction of sp³-hybridized carbons (Fsp3) is 0.350. The van der Waals surface area contributed by atoms with Crippen LogP contribution in [-0.4, -0.2) is 35.1 Å². The second kappa shape index (κ2) is 7.47. The third kappa shape index (κ3) is 3.40. The van der Waals surface area contributed by atoms with E-state index in [0.717, 1.165) is 47.6 Å². The Morgan fingerprint density at radius 3 is 2.56 bits per heavy atom. The van der Waals surface area contributed by atoms with E-state index in [4.69, 9.17) is 4.98 Å². The molecule has 0 spiro atoms. The predicted molar refractivity (Wildman–Crippen MR) is 105 cm³/mol. The van der Waals surface area contributed by atoms with Crippen LogP contribution in [0.4, 0.5) is 11.5 Å². The highest BCUT2D eigenvalue weighted by Crippen LogP contribution is 2.29. The van der Waals surface area contributed by atoms with E-state index in [-0.39, 0.29) is 0 Å². The van der Waals surface area contributed by atoms with E-state index in [1.54, 1.807) is 12.4 Å². The quantitative estimate of drug-likeness (QED) is 0.729. The average Bonchev–Trinajstić information content (AvgIpc) is 2.65. The normalized spacial score (nSPS) is 10.9. The molecular weight excluding hydrogens is 310 g/mol. The fourth-order valence-corrected chi connectivity index (χ4v) is 3.18. The first-order chi connectivity index (χ1) is 12.2. The highest BCUT2D eigenvalue weighted by atomic mass is 15.1. The number of pyridine rings is 1. The molecule has 2 aromatic heterocycles. The van der Waals surface area contributed by atoms with Gasteiger partial charge in [-0.2, -0.15) is 0 Å². The van der Waals surface area contributed by atoms with Gasteiger partial charge in [0.2, 0.25) is 0 Å². The maximum atomic E-state index is 4.73. The van der Waals surface area contributed by atoms with Gasteiger partial charge in [-0.05, 0) is 44.0 Å². The summed E-state index contributed by atoms with van der Waals surface area (Å²) in [6.45, 7) is 8.67. The van der Waals surface area contributed by atoms with E-state index < -0.39 is 0 Å².